The molecule has 2 atom stereocenters. The van der Waals surface area contributed by atoms with Gasteiger partial charge in [-0.05, 0) is 53.4 Å². The molecule has 35 heavy (non-hydrogen) atoms. The molecule has 4 rings (SSSR count). The van der Waals surface area contributed by atoms with Crippen LogP contribution in [0.2, 0.25) is 0 Å². The summed E-state index contributed by atoms with van der Waals surface area (Å²) in [7, 11) is 1.67. The van der Waals surface area contributed by atoms with E-state index in [1.54, 1.807) is 23.3 Å². The molecule has 3 heterocycles. The second-order valence-corrected chi connectivity index (χ2v) is 10.6. The van der Waals surface area contributed by atoms with Crippen molar-refractivity contribution >= 4 is 34.5 Å². The molecule has 7 nitrogen and oxygen atoms in total. The first-order valence-electron chi connectivity index (χ1n) is 11.8. The van der Waals surface area contributed by atoms with Crippen molar-refractivity contribution in [2.45, 2.75) is 38.0 Å². The molecular formula is C26H32N4O3S2. The van der Waals surface area contributed by atoms with Gasteiger partial charge in [-0.25, -0.2) is 0 Å². The lowest BCUT2D eigenvalue weighted by atomic mass is 9.94. The van der Waals surface area contributed by atoms with Crippen LogP contribution in [-0.4, -0.2) is 60.4 Å². The summed E-state index contributed by atoms with van der Waals surface area (Å²) in [5.74, 6) is 0.618. The highest BCUT2D eigenvalue weighted by molar-refractivity contribution is 7.12. The predicted molar refractivity (Wildman–Crippen MR) is 141 cm³/mol. The highest BCUT2D eigenvalue weighted by Gasteiger charge is 2.38. The number of benzene rings is 1. The van der Waals surface area contributed by atoms with Crippen LogP contribution in [0.3, 0.4) is 0 Å². The number of thiophene rings is 2. The third kappa shape index (κ3) is 6.49. The van der Waals surface area contributed by atoms with Crippen LogP contribution < -0.4 is 15.8 Å². The third-order valence-electron chi connectivity index (χ3n) is 6.31. The van der Waals surface area contributed by atoms with E-state index in [0.29, 0.717) is 30.9 Å². The number of hydrogen-bond donors (Lipinski definition) is 2. The SMILES string of the molecule is COc1ccc(CN(Cc2cccs2)C2CCN(C(=O)c3cccs3)[C@@H](C(=O)NCCN)C2)cc1. The summed E-state index contributed by atoms with van der Waals surface area (Å²) in [5.41, 5.74) is 6.81. The van der Waals surface area contributed by atoms with Gasteiger partial charge in [-0.15, -0.1) is 22.7 Å². The van der Waals surface area contributed by atoms with E-state index in [1.807, 2.05) is 29.6 Å². The summed E-state index contributed by atoms with van der Waals surface area (Å²) in [6.45, 7) is 2.84. The number of hydrogen-bond acceptors (Lipinski definition) is 7. The van der Waals surface area contributed by atoms with Crippen LogP contribution in [0.15, 0.2) is 59.3 Å². The Morgan fingerprint density at radius 2 is 1.89 bits per heavy atom. The molecule has 1 aliphatic heterocycles. The van der Waals surface area contributed by atoms with E-state index in [1.165, 1.54) is 21.8 Å². The lowest BCUT2D eigenvalue weighted by Crippen LogP contribution is -2.57. The number of carbonyl (C=O) groups excluding carboxylic acids is 2. The molecule has 1 aliphatic rings. The Kier molecular flexibility index (Phi) is 8.92. The Morgan fingerprint density at radius 3 is 2.54 bits per heavy atom. The fraction of sp³-hybridized carbons (Fsp3) is 0.385. The number of methoxy groups -OCH3 is 1. The summed E-state index contributed by atoms with van der Waals surface area (Å²) in [4.78, 5) is 32.5. The van der Waals surface area contributed by atoms with E-state index < -0.39 is 6.04 Å². The number of nitrogens with one attached hydrogen (secondary N) is 1. The van der Waals surface area contributed by atoms with Gasteiger partial charge < -0.3 is 20.7 Å². The van der Waals surface area contributed by atoms with Crippen molar-refractivity contribution in [2.24, 2.45) is 5.73 Å². The van der Waals surface area contributed by atoms with E-state index in [0.717, 1.165) is 25.3 Å². The van der Waals surface area contributed by atoms with Gasteiger partial charge in [-0.2, -0.15) is 0 Å². The number of likely N-dealkylation sites (tertiary alicyclic amines) is 1. The Hall–Kier alpha value is -2.72. The van der Waals surface area contributed by atoms with Gasteiger partial charge in [0.1, 0.15) is 11.8 Å². The van der Waals surface area contributed by atoms with E-state index in [9.17, 15) is 9.59 Å². The highest BCUT2D eigenvalue weighted by Crippen LogP contribution is 2.28. The molecule has 3 N–H and O–H groups in total. The van der Waals surface area contributed by atoms with Crippen molar-refractivity contribution in [3.8, 4) is 5.75 Å². The number of carbonyl (C=O) groups is 2. The summed E-state index contributed by atoms with van der Waals surface area (Å²) in [6, 6.07) is 15.6. The van der Waals surface area contributed by atoms with E-state index in [4.69, 9.17) is 10.5 Å². The molecule has 0 saturated carbocycles. The third-order valence-corrected chi connectivity index (χ3v) is 8.03. The second-order valence-electron chi connectivity index (χ2n) is 8.58. The van der Waals surface area contributed by atoms with Gasteiger partial charge in [0.2, 0.25) is 5.91 Å². The number of amides is 2. The fourth-order valence-electron chi connectivity index (χ4n) is 4.51. The van der Waals surface area contributed by atoms with Crippen LogP contribution in [0.5, 0.6) is 5.75 Å². The smallest absolute Gasteiger partial charge is 0.264 e. The average Bonchev–Trinajstić information content (AvgIpc) is 3.61. The van der Waals surface area contributed by atoms with Crippen molar-refractivity contribution in [1.29, 1.82) is 0 Å². The Labute approximate surface area is 214 Å². The number of ether oxygens (including phenoxy) is 1. The molecule has 2 amide bonds. The van der Waals surface area contributed by atoms with Crippen LogP contribution in [0.25, 0.3) is 0 Å². The lowest BCUT2D eigenvalue weighted by Gasteiger charge is -2.42. The minimum atomic E-state index is -0.531. The summed E-state index contributed by atoms with van der Waals surface area (Å²) >= 11 is 3.14. The van der Waals surface area contributed by atoms with Gasteiger partial charge in [0.25, 0.3) is 5.91 Å². The van der Waals surface area contributed by atoms with Crippen LogP contribution in [-0.2, 0) is 17.9 Å². The van der Waals surface area contributed by atoms with Crippen molar-refractivity contribution < 1.29 is 14.3 Å². The molecule has 2 aromatic heterocycles. The molecule has 0 bridgehead atoms. The Bertz CT molecular complexity index is 1070. The van der Waals surface area contributed by atoms with Crippen molar-refractivity contribution in [1.82, 2.24) is 15.1 Å². The molecule has 3 aromatic rings. The maximum atomic E-state index is 13.2. The minimum absolute atomic E-state index is 0.0775. The fourth-order valence-corrected chi connectivity index (χ4v) is 5.92. The van der Waals surface area contributed by atoms with E-state index in [2.05, 4.69) is 39.9 Å². The topological polar surface area (TPSA) is 87.9 Å². The zero-order valence-corrected chi connectivity index (χ0v) is 21.5. The first-order valence-corrected chi connectivity index (χ1v) is 13.6. The molecular weight excluding hydrogens is 480 g/mol. The maximum absolute atomic E-state index is 13.2. The van der Waals surface area contributed by atoms with Crippen LogP contribution in [0.4, 0.5) is 0 Å². The zero-order valence-electron chi connectivity index (χ0n) is 19.9. The molecule has 9 heteroatoms. The Morgan fingerprint density at radius 1 is 1.11 bits per heavy atom. The molecule has 1 aromatic carbocycles. The summed E-state index contributed by atoms with van der Waals surface area (Å²) < 4.78 is 5.31. The first-order chi connectivity index (χ1) is 17.1. The molecule has 0 radical (unpaired) electrons. The monoisotopic (exact) mass is 512 g/mol. The van der Waals surface area contributed by atoms with Crippen molar-refractivity contribution in [3.63, 3.8) is 0 Å². The summed E-state index contributed by atoms with van der Waals surface area (Å²) in [6.07, 6.45) is 1.38. The largest absolute Gasteiger partial charge is 0.497 e. The Balaban J connectivity index is 1.56. The number of piperidine rings is 1. The average molecular weight is 513 g/mol. The first kappa shape index (κ1) is 25.4. The maximum Gasteiger partial charge on any atom is 0.264 e. The van der Waals surface area contributed by atoms with Crippen LogP contribution in [0, 0.1) is 0 Å². The minimum Gasteiger partial charge on any atom is -0.497 e. The van der Waals surface area contributed by atoms with Crippen LogP contribution >= 0.6 is 22.7 Å². The molecule has 0 aliphatic carbocycles. The normalized spacial score (nSPS) is 18.0. The molecule has 1 saturated heterocycles. The van der Waals surface area contributed by atoms with Gasteiger partial charge in [-0.1, -0.05) is 24.3 Å². The highest BCUT2D eigenvalue weighted by atomic mass is 32.1. The van der Waals surface area contributed by atoms with Gasteiger partial charge in [0.15, 0.2) is 0 Å². The molecule has 0 spiro atoms. The molecule has 186 valence electrons. The van der Waals surface area contributed by atoms with Crippen LogP contribution in [0.1, 0.15) is 33.0 Å². The number of nitrogens with two attached hydrogens (primary N) is 1. The predicted octanol–water partition coefficient (Wildman–Crippen LogP) is 3.57. The van der Waals surface area contributed by atoms with E-state index in [-0.39, 0.29) is 17.9 Å². The van der Waals surface area contributed by atoms with Crippen molar-refractivity contribution in [3.05, 3.63) is 74.6 Å². The van der Waals surface area contributed by atoms with Gasteiger partial charge in [0, 0.05) is 43.6 Å². The number of rotatable bonds is 10. The second kappa shape index (κ2) is 12.3. The molecule has 1 unspecified atom stereocenters. The van der Waals surface area contributed by atoms with Gasteiger partial charge in [-0.3, -0.25) is 14.5 Å². The molecule has 1 fully saturated rings. The number of nitrogens with zero attached hydrogens (tertiary/aromatic N) is 2. The van der Waals surface area contributed by atoms with Crippen molar-refractivity contribution in [2.75, 3.05) is 26.7 Å². The van der Waals surface area contributed by atoms with Gasteiger partial charge in [0.05, 0.1) is 12.0 Å². The standard InChI is InChI=1S/C26H32N4O3S2/c1-33-21-8-6-19(7-9-21)17-29(18-22-4-2-14-34-22)20-10-13-30(26(32)24-5-3-15-35-24)23(16-20)25(31)28-12-11-27/h2-9,14-15,20,23H,10-13,16-18,27H2,1H3,(H,28,31)/t20?,23-/m1/s1. The zero-order chi connectivity index (χ0) is 24.6. The quantitative estimate of drug-likeness (QED) is 0.434. The summed E-state index contributed by atoms with van der Waals surface area (Å²) in [5, 5.41) is 6.89. The van der Waals surface area contributed by atoms with Gasteiger partial charge >= 0.3 is 0 Å². The van der Waals surface area contributed by atoms with E-state index >= 15 is 0 Å². The lowest BCUT2D eigenvalue weighted by molar-refractivity contribution is -0.127.